The van der Waals surface area contributed by atoms with Gasteiger partial charge < -0.3 is 10.5 Å². The minimum absolute atomic E-state index is 0.0845. The number of para-hydroxylation sites is 3. The molecule has 8 nitrogen and oxygen atoms in total. The Hall–Kier alpha value is -4.38. The van der Waals surface area contributed by atoms with E-state index in [0.717, 1.165) is 0 Å². The van der Waals surface area contributed by atoms with E-state index >= 15 is 0 Å². The van der Waals surface area contributed by atoms with E-state index < -0.39 is 5.91 Å². The standard InChI is InChI=1S/C21H15N5O3/c1-12-14(10-22)19-24-16-7-3-4-8-17(16)26(19)21(29)15(12)11-23-25-20(28)13-6-2-5-9-18(13)27/h2-9,11,23,27H,1H3,(H,25,28). The van der Waals surface area contributed by atoms with Gasteiger partial charge in [-0.25, -0.2) is 4.98 Å². The molecule has 0 radical (unpaired) electrons. The van der Waals surface area contributed by atoms with E-state index in [1.54, 1.807) is 43.3 Å². The number of rotatable bonds is 3. The summed E-state index contributed by atoms with van der Waals surface area (Å²) in [6.45, 7) is 1.65. The van der Waals surface area contributed by atoms with Crippen LogP contribution in [-0.4, -0.2) is 20.4 Å². The number of phenolic OH excluding ortho intramolecular Hbond substituents is 1. The highest BCUT2D eigenvalue weighted by Crippen LogP contribution is 2.17. The maximum Gasteiger partial charge on any atom is 0.273 e. The number of carbonyl (C=O) groups is 1. The summed E-state index contributed by atoms with van der Waals surface area (Å²) < 4.78 is 1.39. The Balaban J connectivity index is 1.80. The van der Waals surface area contributed by atoms with Gasteiger partial charge in [0.05, 0.1) is 27.4 Å². The summed E-state index contributed by atoms with van der Waals surface area (Å²) in [5.74, 6) is -0.732. The topological polar surface area (TPSA) is 120 Å². The van der Waals surface area contributed by atoms with Crippen LogP contribution in [0.4, 0.5) is 0 Å². The van der Waals surface area contributed by atoms with E-state index in [1.165, 1.54) is 22.7 Å². The summed E-state index contributed by atoms with van der Waals surface area (Å²) in [6.07, 6.45) is 1.32. The number of benzene rings is 2. The number of aromatic nitrogens is 2. The fourth-order valence-electron chi connectivity index (χ4n) is 3.19. The largest absolute Gasteiger partial charge is 0.507 e. The molecule has 0 saturated carbocycles. The van der Waals surface area contributed by atoms with Crippen LogP contribution in [-0.2, 0) is 0 Å². The van der Waals surface area contributed by atoms with Crippen molar-refractivity contribution in [2.75, 3.05) is 0 Å². The lowest BCUT2D eigenvalue weighted by atomic mass is 10.1. The number of hydrogen-bond acceptors (Lipinski definition) is 6. The van der Waals surface area contributed by atoms with Crippen LogP contribution in [0.15, 0.2) is 53.3 Å². The second-order valence-electron chi connectivity index (χ2n) is 6.35. The Kier molecular flexibility index (Phi) is 4.33. The van der Waals surface area contributed by atoms with Gasteiger partial charge in [-0.2, -0.15) is 5.26 Å². The molecule has 3 N–H and O–H groups in total. The number of phenols is 1. The Bertz CT molecular complexity index is 1430. The van der Waals surface area contributed by atoms with Gasteiger partial charge in [-0.15, -0.1) is 0 Å². The van der Waals surface area contributed by atoms with Crippen LogP contribution in [0.1, 0.15) is 21.5 Å². The summed E-state index contributed by atoms with van der Waals surface area (Å²) in [7, 11) is 0. The molecule has 2 aromatic carbocycles. The van der Waals surface area contributed by atoms with Crippen LogP contribution in [0.2, 0.25) is 0 Å². The highest BCUT2D eigenvalue weighted by molar-refractivity contribution is 5.96. The number of aromatic hydroxyl groups is 1. The molecule has 0 aliphatic carbocycles. The minimum Gasteiger partial charge on any atom is -0.507 e. The molecule has 0 aliphatic heterocycles. The number of carbonyl (C=O) groups excluding carboxylic acids is 1. The third-order valence-electron chi connectivity index (χ3n) is 4.66. The summed E-state index contributed by atoms with van der Waals surface area (Å²) >= 11 is 0. The van der Waals surface area contributed by atoms with Gasteiger partial charge in [-0.3, -0.25) is 19.4 Å². The lowest BCUT2D eigenvalue weighted by Gasteiger charge is -2.07. The first-order chi connectivity index (χ1) is 14.0. The Morgan fingerprint density at radius 1 is 1.21 bits per heavy atom. The molecule has 4 aromatic rings. The Morgan fingerprint density at radius 3 is 2.69 bits per heavy atom. The zero-order valence-electron chi connectivity index (χ0n) is 15.3. The van der Waals surface area contributed by atoms with Crippen molar-refractivity contribution in [3.8, 4) is 11.8 Å². The van der Waals surface area contributed by atoms with E-state index in [0.29, 0.717) is 22.2 Å². The number of amides is 1. The van der Waals surface area contributed by atoms with Crippen LogP contribution in [0.3, 0.4) is 0 Å². The van der Waals surface area contributed by atoms with Crippen molar-refractivity contribution in [2.24, 2.45) is 0 Å². The van der Waals surface area contributed by atoms with E-state index in [2.05, 4.69) is 21.9 Å². The van der Waals surface area contributed by atoms with E-state index in [-0.39, 0.29) is 27.7 Å². The van der Waals surface area contributed by atoms with Crippen molar-refractivity contribution in [2.45, 2.75) is 6.92 Å². The molecule has 0 unspecified atom stereocenters. The minimum atomic E-state index is -0.570. The van der Waals surface area contributed by atoms with Gasteiger partial charge in [0.1, 0.15) is 11.8 Å². The Morgan fingerprint density at radius 2 is 1.93 bits per heavy atom. The number of nitrogens with one attached hydrogen (secondary N) is 2. The van der Waals surface area contributed by atoms with E-state index in [9.17, 15) is 20.0 Å². The highest BCUT2D eigenvalue weighted by atomic mass is 16.3. The van der Waals surface area contributed by atoms with Crippen molar-refractivity contribution < 1.29 is 9.90 Å². The summed E-state index contributed by atoms with van der Waals surface area (Å²) in [5.41, 5.74) is 6.94. The van der Waals surface area contributed by atoms with Gasteiger partial charge in [-0.05, 0) is 36.8 Å². The van der Waals surface area contributed by atoms with Crippen molar-refractivity contribution in [3.63, 3.8) is 0 Å². The number of nitrogens with zero attached hydrogens (tertiary/aromatic N) is 3. The van der Waals surface area contributed by atoms with Gasteiger partial charge in [0, 0.05) is 6.20 Å². The quantitative estimate of drug-likeness (QED) is 0.455. The molecule has 8 heteroatoms. The van der Waals surface area contributed by atoms with Crippen molar-refractivity contribution in [1.29, 1.82) is 5.26 Å². The zero-order chi connectivity index (χ0) is 20.5. The number of fused-ring (bicyclic) bond motifs is 3. The molecule has 142 valence electrons. The molecule has 2 heterocycles. The molecule has 0 fully saturated rings. The van der Waals surface area contributed by atoms with Gasteiger partial charge in [0.15, 0.2) is 5.65 Å². The molecule has 29 heavy (non-hydrogen) atoms. The van der Waals surface area contributed by atoms with Crippen LogP contribution in [0.5, 0.6) is 5.75 Å². The smallest absolute Gasteiger partial charge is 0.273 e. The molecule has 0 saturated heterocycles. The predicted molar refractivity (Wildman–Crippen MR) is 107 cm³/mol. The second-order valence-corrected chi connectivity index (χ2v) is 6.35. The molecule has 0 bridgehead atoms. The van der Waals surface area contributed by atoms with Gasteiger partial charge in [0.2, 0.25) is 0 Å². The average molecular weight is 385 g/mol. The third-order valence-corrected chi connectivity index (χ3v) is 4.66. The molecule has 2 aromatic heterocycles. The second kappa shape index (κ2) is 6.98. The average Bonchev–Trinajstić information content (AvgIpc) is 3.10. The predicted octanol–water partition coefficient (Wildman–Crippen LogP) is 1.12. The lowest BCUT2D eigenvalue weighted by Crippen LogP contribution is -2.40. The van der Waals surface area contributed by atoms with Gasteiger partial charge in [-0.1, -0.05) is 24.3 Å². The first-order valence-corrected chi connectivity index (χ1v) is 8.71. The summed E-state index contributed by atoms with van der Waals surface area (Å²) in [4.78, 5) is 29.7. The molecule has 0 atom stereocenters. The number of hydrazine groups is 1. The third kappa shape index (κ3) is 2.91. The summed E-state index contributed by atoms with van der Waals surface area (Å²) in [6, 6.07) is 15.3. The molecular formula is C21H15N5O3. The lowest BCUT2D eigenvalue weighted by molar-refractivity contribution is 0.0940. The highest BCUT2D eigenvalue weighted by Gasteiger charge is 2.16. The van der Waals surface area contributed by atoms with E-state index in [1.807, 2.05) is 0 Å². The molecular weight excluding hydrogens is 370 g/mol. The molecule has 0 aliphatic rings. The number of imidazole rings is 1. The number of nitriles is 1. The zero-order valence-corrected chi connectivity index (χ0v) is 15.3. The van der Waals surface area contributed by atoms with Crippen molar-refractivity contribution >= 4 is 28.8 Å². The summed E-state index contributed by atoms with van der Waals surface area (Å²) in [5, 5.41) is 19.6. The van der Waals surface area contributed by atoms with Crippen LogP contribution in [0, 0.1) is 18.3 Å². The first-order valence-electron chi connectivity index (χ1n) is 8.71. The van der Waals surface area contributed by atoms with Crippen LogP contribution in [0.25, 0.3) is 22.9 Å². The fraction of sp³-hybridized carbons (Fsp3) is 0.0476. The SMILES string of the molecule is Cc1c(C#N)c2nc3ccccc3n2c(=O)c1=CNNC(=O)c1ccccc1O. The maximum absolute atomic E-state index is 13.1. The molecule has 1 amide bonds. The Labute approximate surface area is 164 Å². The van der Waals surface area contributed by atoms with E-state index in [4.69, 9.17) is 0 Å². The first kappa shape index (κ1) is 18.0. The van der Waals surface area contributed by atoms with Gasteiger partial charge in [0.25, 0.3) is 11.5 Å². The molecule has 0 spiro atoms. The number of pyridine rings is 1. The van der Waals surface area contributed by atoms with Crippen molar-refractivity contribution in [1.82, 2.24) is 20.2 Å². The monoisotopic (exact) mass is 385 g/mol. The number of hydrogen-bond donors (Lipinski definition) is 3. The normalized spacial score (nSPS) is 11.5. The molecule has 4 rings (SSSR count). The fourth-order valence-corrected chi connectivity index (χ4v) is 3.19. The maximum atomic E-state index is 13.1. The van der Waals surface area contributed by atoms with Crippen LogP contribution < -0.4 is 21.6 Å². The van der Waals surface area contributed by atoms with Crippen molar-refractivity contribution in [3.05, 3.63) is 80.8 Å². The van der Waals surface area contributed by atoms with Gasteiger partial charge >= 0.3 is 0 Å². The van der Waals surface area contributed by atoms with Crippen LogP contribution >= 0.6 is 0 Å².